The molecule has 0 radical (unpaired) electrons. The summed E-state index contributed by atoms with van der Waals surface area (Å²) in [6.07, 6.45) is -0.100. The van der Waals surface area contributed by atoms with Crippen molar-refractivity contribution in [1.82, 2.24) is 10.2 Å². The number of morpholine rings is 2. The second kappa shape index (κ2) is 8.16. The normalized spacial score (nSPS) is 29.3. The van der Waals surface area contributed by atoms with Crippen LogP contribution in [-0.2, 0) is 14.3 Å². The zero-order valence-electron chi connectivity index (χ0n) is 15.5. The molecule has 0 spiro atoms. The SMILES string of the molecule is CC1CN(C(=O)c2ccc(NC(=O)[C@H]3NCCO[C@@H]3C)cc2)CC(C)O1. The highest BCUT2D eigenvalue weighted by atomic mass is 16.5. The van der Waals surface area contributed by atoms with Crippen LogP contribution in [0.5, 0.6) is 0 Å². The van der Waals surface area contributed by atoms with Crippen LogP contribution in [0.2, 0.25) is 0 Å². The predicted octanol–water partition coefficient (Wildman–Crippen LogP) is 1.25. The van der Waals surface area contributed by atoms with E-state index in [9.17, 15) is 9.59 Å². The summed E-state index contributed by atoms with van der Waals surface area (Å²) >= 11 is 0. The summed E-state index contributed by atoms with van der Waals surface area (Å²) in [6, 6.07) is 6.63. The Morgan fingerprint density at radius 3 is 2.38 bits per heavy atom. The maximum atomic E-state index is 12.7. The van der Waals surface area contributed by atoms with E-state index in [1.165, 1.54) is 0 Å². The van der Waals surface area contributed by atoms with E-state index in [0.717, 1.165) is 0 Å². The highest BCUT2D eigenvalue weighted by Crippen LogP contribution is 2.17. The number of nitrogens with zero attached hydrogens (tertiary/aromatic N) is 1. The van der Waals surface area contributed by atoms with Crippen LogP contribution in [0.3, 0.4) is 0 Å². The van der Waals surface area contributed by atoms with E-state index in [1.54, 1.807) is 24.3 Å². The largest absolute Gasteiger partial charge is 0.375 e. The minimum absolute atomic E-state index is 0.0131. The van der Waals surface area contributed by atoms with Crippen molar-refractivity contribution in [3.63, 3.8) is 0 Å². The van der Waals surface area contributed by atoms with E-state index in [-0.39, 0.29) is 36.2 Å². The zero-order valence-corrected chi connectivity index (χ0v) is 15.5. The molecule has 2 heterocycles. The number of amides is 2. The first kappa shape index (κ1) is 18.8. The fourth-order valence-corrected chi connectivity index (χ4v) is 3.47. The lowest BCUT2D eigenvalue weighted by Gasteiger charge is -2.35. The minimum atomic E-state index is -0.374. The third-order valence-electron chi connectivity index (χ3n) is 4.71. The lowest BCUT2D eigenvalue weighted by Crippen LogP contribution is -2.53. The first-order valence-corrected chi connectivity index (χ1v) is 9.14. The first-order valence-electron chi connectivity index (χ1n) is 9.14. The number of nitrogens with one attached hydrogen (secondary N) is 2. The fourth-order valence-electron chi connectivity index (χ4n) is 3.47. The van der Waals surface area contributed by atoms with Gasteiger partial charge in [-0.25, -0.2) is 0 Å². The molecule has 0 aromatic heterocycles. The zero-order chi connectivity index (χ0) is 18.7. The van der Waals surface area contributed by atoms with Crippen molar-refractivity contribution in [3.8, 4) is 0 Å². The van der Waals surface area contributed by atoms with Gasteiger partial charge in [-0.15, -0.1) is 0 Å². The summed E-state index contributed by atoms with van der Waals surface area (Å²) in [6.45, 7) is 8.27. The van der Waals surface area contributed by atoms with Gasteiger partial charge in [0, 0.05) is 30.9 Å². The Morgan fingerprint density at radius 1 is 1.12 bits per heavy atom. The summed E-state index contributed by atoms with van der Waals surface area (Å²) in [4.78, 5) is 26.9. The monoisotopic (exact) mass is 361 g/mol. The number of hydrogen-bond donors (Lipinski definition) is 2. The Balaban J connectivity index is 1.61. The van der Waals surface area contributed by atoms with Gasteiger partial charge in [-0.05, 0) is 45.0 Å². The van der Waals surface area contributed by atoms with Crippen molar-refractivity contribution in [2.45, 2.75) is 45.1 Å². The van der Waals surface area contributed by atoms with Crippen molar-refractivity contribution >= 4 is 17.5 Å². The molecule has 2 aliphatic rings. The molecule has 26 heavy (non-hydrogen) atoms. The van der Waals surface area contributed by atoms with Gasteiger partial charge in [-0.2, -0.15) is 0 Å². The van der Waals surface area contributed by atoms with Crippen LogP contribution in [-0.4, -0.2) is 67.3 Å². The fraction of sp³-hybridized carbons (Fsp3) is 0.579. The Kier molecular flexibility index (Phi) is 5.90. The van der Waals surface area contributed by atoms with Gasteiger partial charge in [0.15, 0.2) is 0 Å². The average molecular weight is 361 g/mol. The lowest BCUT2D eigenvalue weighted by molar-refractivity contribution is -0.123. The Labute approximate surface area is 154 Å². The minimum Gasteiger partial charge on any atom is -0.375 e. The standard InChI is InChI=1S/C19H27N3O4/c1-12-10-22(11-13(2)26-12)19(24)15-4-6-16(7-5-15)21-18(23)17-14(3)25-9-8-20-17/h4-7,12-14,17,20H,8-11H2,1-3H3,(H,21,23)/t12?,13?,14-,17+/m1/s1. The second-order valence-corrected chi connectivity index (χ2v) is 7.04. The Morgan fingerprint density at radius 2 is 1.77 bits per heavy atom. The van der Waals surface area contributed by atoms with Crippen molar-refractivity contribution in [2.75, 3.05) is 31.6 Å². The van der Waals surface area contributed by atoms with Gasteiger partial charge in [0.05, 0.1) is 24.9 Å². The Hall–Kier alpha value is -1.96. The third kappa shape index (κ3) is 4.41. The topological polar surface area (TPSA) is 79.9 Å². The molecule has 1 aromatic carbocycles. The van der Waals surface area contributed by atoms with E-state index >= 15 is 0 Å². The highest BCUT2D eigenvalue weighted by Gasteiger charge is 2.29. The van der Waals surface area contributed by atoms with Crippen molar-refractivity contribution in [1.29, 1.82) is 0 Å². The summed E-state index contributed by atoms with van der Waals surface area (Å²) in [7, 11) is 0. The molecule has 0 saturated carbocycles. The molecule has 7 nitrogen and oxygen atoms in total. The summed E-state index contributed by atoms with van der Waals surface area (Å²) in [5, 5.41) is 6.04. The van der Waals surface area contributed by atoms with Crippen LogP contribution in [0.4, 0.5) is 5.69 Å². The van der Waals surface area contributed by atoms with E-state index in [0.29, 0.717) is 37.5 Å². The van der Waals surface area contributed by atoms with E-state index < -0.39 is 0 Å². The molecule has 4 atom stereocenters. The molecule has 2 fully saturated rings. The second-order valence-electron chi connectivity index (χ2n) is 7.04. The van der Waals surface area contributed by atoms with E-state index in [4.69, 9.17) is 9.47 Å². The summed E-state index contributed by atoms with van der Waals surface area (Å²) in [5.74, 6) is -0.145. The van der Waals surface area contributed by atoms with Gasteiger partial charge >= 0.3 is 0 Å². The molecular formula is C19H27N3O4. The van der Waals surface area contributed by atoms with Gasteiger partial charge in [-0.1, -0.05) is 0 Å². The molecule has 2 aliphatic heterocycles. The molecular weight excluding hydrogens is 334 g/mol. The highest BCUT2D eigenvalue weighted by molar-refractivity contribution is 5.97. The molecule has 142 valence electrons. The van der Waals surface area contributed by atoms with Gasteiger partial charge in [0.2, 0.25) is 5.91 Å². The molecule has 2 N–H and O–H groups in total. The maximum Gasteiger partial charge on any atom is 0.254 e. The lowest BCUT2D eigenvalue weighted by atomic mass is 10.1. The average Bonchev–Trinajstić information content (AvgIpc) is 2.61. The van der Waals surface area contributed by atoms with Gasteiger partial charge in [0.1, 0.15) is 6.04 Å². The van der Waals surface area contributed by atoms with E-state index in [2.05, 4.69) is 10.6 Å². The van der Waals surface area contributed by atoms with Crippen molar-refractivity contribution < 1.29 is 19.1 Å². The van der Waals surface area contributed by atoms with Crippen LogP contribution >= 0.6 is 0 Å². The smallest absolute Gasteiger partial charge is 0.254 e. The van der Waals surface area contributed by atoms with Gasteiger partial charge in [-0.3, -0.25) is 9.59 Å². The third-order valence-corrected chi connectivity index (χ3v) is 4.71. The number of rotatable bonds is 3. The van der Waals surface area contributed by atoms with E-state index in [1.807, 2.05) is 25.7 Å². The summed E-state index contributed by atoms with van der Waals surface area (Å²) < 4.78 is 11.2. The van der Waals surface area contributed by atoms with Crippen LogP contribution < -0.4 is 10.6 Å². The molecule has 7 heteroatoms. The first-order chi connectivity index (χ1) is 12.4. The molecule has 0 bridgehead atoms. The summed E-state index contributed by atoms with van der Waals surface area (Å²) in [5.41, 5.74) is 1.27. The molecule has 2 unspecified atom stereocenters. The quantitative estimate of drug-likeness (QED) is 0.847. The molecule has 3 rings (SSSR count). The number of hydrogen-bond acceptors (Lipinski definition) is 5. The molecule has 0 aliphatic carbocycles. The number of carbonyl (C=O) groups excluding carboxylic acids is 2. The van der Waals surface area contributed by atoms with Gasteiger partial charge in [0.25, 0.3) is 5.91 Å². The van der Waals surface area contributed by atoms with Gasteiger partial charge < -0.3 is 25.0 Å². The van der Waals surface area contributed by atoms with Crippen LogP contribution in [0, 0.1) is 0 Å². The predicted molar refractivity (Wildman–Crippen MR) is 98.2 cm³/mol. The van der Waals surface area contributed by atoms with Crippen molar-refractivity contribution in [2.24, 2.45) is 0 Å². The van der Waals surface area contributed by atoms with Crippen LogP contribution in [0.1, 0.15) is 31.1 Å². The molecule has 2 amide bonds. The van der Waals surface area contributed by atoms with Crippen LogP contribution in [0.15, 0.2) is 24.3 Å². The van der Waals surface area contributed by atoms with Crippen LogP contribution in [0.25, 0.3) is 0 Å². The number of carbonyl (C=O) groups is 2. The molecule has 1 aromatic rings. The van der Waals surface area contributed by atoms with Crippen molar-refractivity contribution in [3.05, 3.63) is 29.8 Å². The number of ether oxygens (including phenoxy) is 2. The maximum absolute atomic E-state index is 12.7. The number of benzene rings is 1. The number of anilines is 1. The molecule has 2 saturated heterocycles. The Bertz CT molecular complexity index is 639.